The SMILES string of the molecule is N#Cc1ccc2c(c1)Oc1cccc3c(-c4ccc(-c5ccc6ccc7c(-c8cccc9ccccc89)ccc8ccc5c6c87)cc4)ccc-2c13. The maximum absolute atomic E-state index is 9.43. The predicted molar refractivity (Wildman–Crippen MR) is 212 cm³/mol. The molecule has 10 aromatic rings. The smallest absolute Gasteiger partial charge is 0.136 e. The van der Waals surface area contributed by atoms with E-state index in [0.717, 1.165) is 39.0 Å². The van der Waals surface area contributed by atoms with Gasteiger partial charge in [0.05, 0.1) is 11.6 Å². The van der Waals surface area contributed by atoms with Crippen molar-refractivity contribution in [2.24, 2.45) is 0 Å². The van der Waals surface area contributed by atoms with Gasteiger partial charge in [-0.05, 0) is 112 Å². The minimum Gasteiger partial charge on any atom is -0.456 e. The third-order valence-corrected chi connectivity index (χ3v) is 10.9. The van der Waals surface area contributed by atoms with Crippen molar-refractivity contribution in [3.8, 4) is 62.1 Å². The lowest BCUT2D eigenvalue weighted by Crippen LogP contribution is -1.98. The van der Waals surface area contributed by atoms with E-state index in [0.29, 0.717) is 5.56 Å². The fourth-order valence-corrected chi connectivity index (χ4v) is 8.53. The van der Waals surface area contributed by atoms with Crippen LogP contribution in [-0.4, -0.2) is 0 Å². The fraction of sp³-hybridized carbons (Fsp3) is 0. The molecule has 0 aliphatic carbocycles. The number of hydrogen-bond acceptors (Lipinski definition) is 2. The molecule has 2 nitrogen and oxygen atoms in total. The molecular weight excluding hydrogens is 619 g/mol. The molecular formula is C49H27NO. The molecule has 0 fully saturated rings. The van der Waals surface area contributed by atoms with Gasteiger partial charge in [0.15, 0.2) is 0 Å². The molecule has 234 valence electrons. The van der Waals surface area contributed by atoms with Crippen LogP contribution in [0.25, 0.3) is 98.4 Å². The van der Waals surface area contributed by atoms with Gasteiger partial charge in [-0.1, -0.05) is 140 Å². The molecule has 2 heteroatoms. The molecule has 1 heterocycles. The Kier molecular flexibility index (Phi) is 5.77. The van der Waals surface area contributed by atoms with Crippen LogP contribution in [-0.2, 0) is 0 Å². The number of rotatable bonds is 3. The summed E-state index contributed by atoms with van der Waals surface area (Å²) in [6.45, 7) is 0. The van der Waals surface area contributed by atoms with Gasteiger partial charge in [0.1, 0.15) is 11.5 Å². The van der Waals surface area contributed by atoms with E-state index in [1.807, 2.05) is 24.3 Å². The Bertz CT molecular complexity index is 3100. The van der Waals surface area contributed by atoms with E-state index in [4.69, 9.17) is 4.74 Å². The monoisotopic (exact) mass is 645 g/mol. The first-order chi connectivity index (χ1) is 25.2. The van der Waals surface area contributed by atoms with Crippen molar-refractivity contribution in [3.05, 3.63) is 169 Å². The Hall–Kier alpha value is -6.95. The molecule has 0 atom stereocenters. The molecule has 0 bridgehead atoms. The van der Waals surface area contributed by atoms with Gasteiger partial charge in [0.25, 0.3) is 0 Å². The van der Waals surface area contributed by atoms with Crippen molar-refractivity contribution in [2.45, 2.75) is 0 Å². The van der Waals surface area contributed by atoms with E-state index in [1.54, 1.807) is 0 Å². The lowest BCUT2D eigenvalue weighted by molar-refractivity contribution is 0.487. The molecule has 1 aliphatic heterocycles. The lowest BCUT2D eigenvalue weighted by Gasteiger charge is -2.22. The minimum absolute atomic E-state index is 0.594. The topological polar surface area (TPSA) is 33.0 Å². The maximum Gasteiger partial charge on any atom is 0.136 e. The number of benzene rings is 10. The van der Waals surface area contributed by atoms with Gasteiger partial charge in [0.2, 0.25) is 0 Å². The Balaban J connectivity index is 1.04. The van der Waals surface area contributed by atoms with Crippen molar-refractivity contribution >= 4 is 53.9 Å². The van der Waals surface area contributed by atoms with E-state index >= 15 is 0 Å². The molecule has 0 N–H and O–H groups in total. The molecule has 0 amide bonds. The normalized spacial score (nSPS) is 12.1. The third kappa shape index (κ3) is 4.04. The van der Waals surface area contributed by atoms with E-state index in [9.17, 15) is 5.26 Å². The quantitative estimate of drug-likeness (QED) is 0.179. The summed E-state index contributed by atoms with van der Waals surface area (Å²) in [6, 6.07) is 61.1. The van der Waals surface area contributed by atoms with Gasteiger partial charge in [-0.15, -0.1) is 0 Å². The van der Waals surface area contributed by atoms with E-state index in [-0.39, 0.29) is 0 Å². The molecule has 0 unspecified atom stereocenters. The minimum atomic E-state index is 0.594. The first kappa shape index (κ1) is 27.9. The van der Waals surface area contributed by atoms with Crippen LogP contribution in [0.5, 0.6) is 11.5 Å². The molecule has 0 aromatic heterocycles. The number of hydrogen-bond donors (Lipinski definition) is 0. The van der Waals surface area contributed by atoms with Crippen molar-refractivity contribution in [3.63, 3.8) is 0 Å². The fourth-order valence-electron chi connectivity index (χ4n) is 8.53. The summed E-state index contributed by atoms with van der Waals surface area (Å²) in [5, 5.41) is 21.9. The highest BCUT2D eigenvalue weighted by Gasteiger charge is 2.22. The Morgan fingerprint density at radius 1 is 0.353 bits per heavy atom. The van der Waals surface area contributed by atoms with E-state index in [1.165, 1.54) is 70.9 Å². The van der Waals surface area contributed by atoms with Crippen LogP contribution < -0.4 is 4.74 Å². The van der Waals surface area contributed by atoms with Gasteiger partial charge < -0.3 is 4.74 Å². The standard InChI is InChI=1S/C49H27NO/c50-28-29-11-20-40-44-26-25-37(41-9-4-10-45(49(41)44)51-46(40)27-29)32-14-12-31(13-15-32)36-21-16-33-19-24-43-39(22-17-34-18-23-42(36)47(33)48(34)43)38-8-3-6-30-5-1-2-7-35(30)38/h1-27H. The number of fused-ring (bicyclic) bond motifs is 3. The summed E-state index contributed by atoms with van der Waals surface area (Å²) < 4.78 is 6.35. The van der Waals surface area contributed by atoms with E-state index < -0.39 is 0 Å². The zero-order chi connectivity index (χ0) is 33.6. The first-order valence-electron chi connectivity index (χ1n) is 17.3. The van der Waals surface area contributed by atoms with Crippen molar-refractivity contribution in [1.29, 1.82) is 5.26 Å². The summed E-state index contributed by atoms with van der Waals surface area (Å²) in [7, 11) is 0. The van der Waals surface area contributed by atoms with Crippen molar-refractivity contribution < 1.29 is 4.74 Å². The van der Waals surface area contributed by atoms with Crippen LogP contribution in [0.4, 0.5) is 0 Å². The van der Waals surface area contributed by atoms with Crippen LogP contribution in [0.15, 0.2) is 164 Å². The summed E-state index contributed by atoms with van der Waals surface area (Å²) in [5.74, 6) is 1.55. The lowest BCUT2D eigenvalue weighted by atomic mass is 9.86. The number of ether oxygens (including phenoxy) is 1. The van der Waals surface area contributed by atoms with Crippen LogP contribution >= 0.6 is 0 Å². The molecule has 0 saturated heterocycles. The van der Waals surface area contributed by atoms with Crippen molar-refractivity contribution in [2.75, 3.05) is 0 Å². The van der Waals surface area contributed by atoms with Crippen LogP contribution in [0, 0.1) is 11.3 Å². The second kappa shape index (κ2) is 10.5. The summed E-state index contributed by atoms with van der Waals surface area (Å²) in [5.41, 5.74) is 10.0. The second-order valence-corrected chi connectivity index (χ2v) is 13.5. The molecule has 10 aromatic carbocycles. The zero-order valence-electron chi connectivity index (χ0n) is 27.4. The Morgan fingerprint density at radius 3 is 1.67 bits per heavy atom. The number of nitrogens with zero attached hydrogens (tertiary/aromatic N) is 1. The number of nitriles is 1. The first-order valence-corrected chi connectivity index (χ1v) is 17.3. The average Bonchev–Trinajstić information content (AvgIpc) is 3.19. The third-order valence-electron chi connectivity index (χ3n) is 10.9. The average molecular weight is 646 g/mol. The Morgan fingerprint density at radius 2 is 0.902 bits per heavy atom. The molecule has 11 rings (SSSR count). The van der Waals surface area contributed by atoms with Gasteiger partial charge in [-0.2, -0.15) is 5.26 Å². The van der Waals surface area contributed by atoms with Crippen LogP contribution in [0.2, 0.25) is 0 Å². The highest BCUT2D eigenvalue weighted by atomic mass is 16.5. The second-order valence-electron chi connectivity index (χ2n) is 13.5. The highest BCUT2D eigenvalue weighted by molar-refractivity contribution is 6.28. The summed E-state index contributed by atoms with van der Waals surface area (Å²) >= 11 is 0. The molecule has 0 saturated carbocycles. The predicted octanol–water partition coefficient (Wildman–Crippen LogP) is 13.5. The van der Waals surface area contributed by atoms with Crippen LogP contribution in [0.1, 0.15) is 5.56 Å². The van der Waals surface area contributed by atoms with Gasteiger partial charge >= 0.3 is 0 Å². The highest BCUT2D eigenvalue weighted by Crippen LogP contribution is 2.49. The van der Waals surface area contributed by atoms with Crippen molar-refractivity contribution in [1.82, 2.24) is 0 Å². The maximum atomic E-state index is 9.43. The van der Waals surface area contributed by atoms with Crippen LogP contribution in [0.3, 0.4) is 0 Å². The van der Waals surface area contributed by atoms with Gasteiger partial charge in [-0.3, -0.25) is 0 Å². The van der Waals surface area contributed by atoms with Gasteiger partial charge in [-0.25, -0.2) is 0 Å². The molecule has 0 radical (unpaired) electrons. The molecule has 51 heavy (non-hydrogen) atoms. The summed E-state index contributed by atoms with van der Waals surface area (Å²) in [6.07, 6.45) is 0. The molecule has 1 aliphatic rings. The largest absolute Gasteiger partial charge is 0.456 e. The van der Waals surface area contributed by atoms with E-state index in [2.05, 4.69) is 146 Å². The molecule has 0 spiro atoms. The van der Waals surface area contributed by atoms with Gasteiger partial charge in [0, 0.05) is 10.9 Å². The summed E-state index contributed by atoms with van der Waals surface area (Å²) in [4.78, 5) is 0. The Labute approximate surface area is 294 Å². The zero-order valence-corrected chi connectivity index (χ0v) is 27.4.